The van der Waals surface area contributed by atoms with E-state index < -0.39 is 10.0 Å². The van der Waals surface area contributed by atoms with E-state index in [9.17, 15) is 13.2 Å². The SMILES string of the molecule is CCN(CC)S(=O)(=O)c1cccc(-c2nnc(SCC(=O)NC3CCCCC3)n2N)c1. The minimum absolute atomic E-state index is 0.0474. The summed E-state index contributed by atoms with van der Waals surface area (Å²) in [5.74, 6) is 6.65. The highest BCUT2D eigenvalue weighted by Gasteiger charge is 2.23. The van der Waals surface area contributed by atoms with Crippen molar-refractivity contribution in [2.75, 3.05) is 24.7 Å². The van der Waals surface area contributed by atoms with Crippen LogP contribution in [0.4, 0.5) is 0 Å². The number of hydrogen-bond donors (Lipinski definition) is 2. The molecule has 1 saturated carbocycles. The molecule has 1 heterocycles. The quantitative estimate of drug-likeness (QED) is 0.429. The number of rotatable bonds is 9. The van der Waals surface area contributed by atoms with Crippen molar-refractivity contribution < 1.29 is 13.2 Å². The summed E-state index contributed by atoms with van der Waals surface area (Å²) >= 11 is 1.21. The van der Waals surface area contributed by atoms with Crippen LogP contribution in [0.15, 0.2) is 34.3 Å². The van der Waals surface area contributed by atoms with Crippen molar-refractivity contribution in [3.8, 4) is 11.4 Å². The van der Waals surface area contributed by atoms with Crippen LogP contribution in [-0.2, 0) is 14.8 Å². The normalized spacial score (nSPS) is 15.3. The monoisotopic (exact) mass is 466 g/mol. The van der Waals surface area contributed by atoms with Gasteiger partial charge in [0.1, 0.15) is 0 Å². The largest absolute Gasteiger partial charge is 0.353 e. The fourth-order valence-electron chi connectivity index (χ4n) is 3.73. The maximum absolute atomic E-state index is 12.8. The molecule has 3 rings (SSSR count). The second-order valence-corrected chi connectivity index (χ2v) is 10.4. The third kappa shape index (κ3) is 5.58. The molecule has 0 atom stereocenters. The molecular formula is C20H30N6O3S2. The Hall–Kier alpha value is -2.11. The lowest BCUT2D eigenvalue weighted by molar-refractivity contribution is -0.119. The summed E-state index contributed by atoms with van der Waals surface area (Å²) in [6.07, 6.45) is 5.60. The third-order valence-corrected chi connectivity index (χ3v) is 8.39. The molecular weight excluding hydrogens is 436 g/mol. The first-order valence-electron chi connectivity index (χ1n) is 10.6. The van der Waals surface area contributed by atoms with Crippen LogP contribution < -0.4 is 11.2 Å². The lowest BCUT2D eigenvalue weighted by Gasteiger charge is -2.22. The van der Waals surface area contributed by atoms with Gasteiger partial charge in [0.2, 0.25) is 21.1 Å². The number of carbonyl (C=O) groups is 1. The van der Waals surface area contributed by atoms with Gasteiger partial charge < -0.3 is 11.2 Å². The van der Waals surface area contributed by atoms with E-state index in [0.717, 1.165) is 25.7 Å². The molecule has 0 saturated heterocycles. The zero-order valence-electron chi connectivity index (χ0n) is 18.0. The first kappa shape index (κ1) is 23.6. The summed E-state index contributed by atoms with van der Waals surface area (Å²) < 4.78 is 28.3. The molecule has 170 valence electrons. The van der Waals surface area contributed by atoms with Crippen molar-refractivity contribution in [2.24, 2.45) is 0 Å². The van der Waals surface area contributed by atoms with Crippen molar-refractivity contribution in [1.82, 2.24) is 24.5 Å². The van der Waals surface area contributed by atoms with E-state index >= 15 is 0 Å². The smallest absolute Gasteiger partial charge is 0.243 e. The highest BCUT2D eigenvalue weighted by atomic mass is 32.2. The lowest BCUT2D eigenvalue weighted by Crippen LogP contribution is -2.37. The number of nitrogen functional groups attached to an aromatic ring is 1. The van der Waals surface area contributed by atoms with Crippen molar-refractivity contribution in [3.63, 3.8) is 0 Å². The molecule has 3 N–H and O–H groups in total. The molecule has 1 aliphatic rings. The Bertz CT molecular complexity index is 998. The predicted molar refractivity (Wildman–Crippen MR) is 121 cm³/mol. The van der Waals surface area contributed by atoms with Crippen molar-refractivity contribution in [1.29, 1.82) is 0 Å². The number of nitrogens with two attached hydrogens (primary N) is 1. The average molecular weight is 467 g/mol. The van der Waals surface area contributed by atoms with E-state index in [1.807, 2.05) is 0 Å². The Labute approximate surface area is 187 Å². The van der Waals surface area contributed by atoms with Gasteiger partial charge in [0, 0.05) is 24.7 Å². The zero-order valence-corrected chi connectivity index (χ0v) is 19.6. The summed E-state index contributed by atoms with van der Waals surface area (Å²) in [5, 5.41) is 11.7. The number of thioether (sulfide) groups is 1. The highest BCUT2D eigenvalue weighted by Crippen LogP contribution is 2.25. The Kier molecular flexibility index (Phi) is 7.95. The summed E-state index contributed by atoms with van der Waals surface area (Å²) in [7, 11) is -3.60. The topological polar surface area (TPSA) is 123 Å². The second-order valence-electron chi connectivity index (χ2n) is 7.48. The van der Waals surface area contributed by atoms with Crippen LogP contribution >= 0.6 is 11.8 Å². The van der Waals surface area contributed by atoms with Gasteiger partial charge in [0.15, 0.2) is 5.82 Å². The number of carbonyl (C=O) groups excluding carboxylic acids is 1. The molecule has 2 aromatic rings. The standard InChI is InChI=1S/C20H30N6O3S2/c1-3-25(4-2)31(28,29)17-12-8-9-15(13-17)19-23-24-20(26(19)21)30-14-18(27)22-16-10-6-5-7-11-16/h8-9,12-13,16H,3-7,10-11,14,21H2,1-2H3,(H,22,27). The third-order valence-electron chi connectivity index (χ3n) is 5.40. The van der Waals surface area contributed by atoms with Gasteiger partial charge in [-0.25, -0.2) is 13.1 Å². The molecule has 1 amide bonds. The number of amides is 1. The minimum Gasteiger partial charge on any atom is -0.353 e. The van der Waals surface area contributed by atoms with Gasteiger partial charge in [0.05, 0.1) is 10.6 Å². The van der Waals surface area contributed by atoms with Crippen LogP contribution in [0, 0.1) is 0 Å². The molecule has 31 heavy (non-hydrogen) atoms. The fourth-order valence-corrected chi connectivity index (χ4v) is 5.90. The molecule has 0 radical (unpaired) electrons. The average Bonchev–Trinajstić information content (AvgIpc) is 3.14. The Morgan fingerprint density at radius 2 is 1.94 bits per heavy atom. The molecule has 11 heteroatoms. The highest BCUT2D eigenvalue weighted by molar-refractivity contribution is 7.99. The number of hydrogen-bond acceptors (Lipinski definition) is 7. The number of sulfonamides is 1. The van der Waals surface area contributed by atoms with E-state index in [1.165, 1.54) is 27.2 Å². The molecule has 0 aliphatic heterocycles. The summed E-state index contributed by atoms with van der Waals surface area (Å²) in [4.78, 5) is 12.4. The Balaban J connectivity index is 1.70. The second kappa shape index (κ2) is 10.5. The summed E-state index contributed by atoms with van der Waals surface area (Å²) in [6, 6.07) is 6.75. The molecule has 1 aliphatic carbocycles. The number of nitrogens with one attached hydrogen (secondary N) is 1. The molecule has 1 aromatic carbocycles. The number of nitrogens with zero attached hydrogens (tertiary/aromatic N) is 4. The summed E-state index contributed by atoms with van der Waals surface area (Å²) in [5.41, 5.74) is 0.543. The summed E-state index contributed by atoms with van der Waals surface area (Å²) in [6.45, 7) is 4.38. The van der Waals surface area contributed by atoms with Gasteiger partial charge in [0.25, 0.3) is 0 Å². The van der Waals surface area contributed by atoms with Gasteiger partial charge in [-0.1, -0.05) is 57.0 Å². The van der Waals surface area contributed by atoms with E-state index in [2.05, 4.69) is 15.5 Å². The molecule has 0 spiro atoms. The molecule has 0 unspecified atom stereocenters. The maximum atomic E-state index is 12.8. The molecule has 1 fully saturated rings. The number of aromatic nitrogens is 3. The fraction of sp³-hybridized carbons (Fsp3) is 0.550. The van der Waals surface area contributed by atoms with Gasteiger partial charge in [-0.2, -0.15) is 4.31 Å². The minimum atomic E-state index is -3.60. The van der Waals surface area contributed by atoms with Gasteiger partial charge in [-0.05, 0) is 25.0 Å². The van der Waals surface area contributed by atoms with Crippen LogP contribution in [0.2, 0.25) is 0 Å². The van der Waals surface area contributed by atoms with Crippen LogP contribution in [0.3, 0.4) is 0 Å². The van der Waals surface area contributed by atoms with Gasteiger partial charge >= 0.3 is 0 Å². The van der Waals surface area contributed by atoms with Crippen LogP contribution in [0.5, 0.6) is 0 Å². The molecule has 0 bridgehead atoms. The zero-order chi connectivity index (χ0) is 22.4. The Morgan fingerprint density at radius 3 is 2.61 bits per heavy atom. The van der Waals surface area contributed by atoms with Crippen LogP contribution in [0.1, 0.15) is 46.0 Å². The maximum Gasteiger partial charge on any atom is 0.243 e. The van der Waals surface area contributed by atoms with Gasteiger partial charge in [-0.15, -0.1) is 10.2 Å². The molecule has 1 aromatic heterocycles. The number of benzene rings is 1. The van der Waals surface area contributed by atoms with Crippen LogP contribution in [-0.4, -0.2) is 58.4 Å². The van der Waals surface area contributed by atoms with Crippen molar-refractivity contribution in [2.45, 2.75) is 62.0 Å². The van der Waals surface area contributed by atoms with Gasteiger partial charge in [-0.3, -0.25) is 4.79 Å². The lowest BCUT2D eigenvalue weighted by atomic mass is 9.95. The van der Waals surface area contributed by atoms with E-state index in [1.54, 1.807) is 38.1 Å². The predicted octanol–water partition coefficient (Wildman–Crippen LogP) is 2.23. The molecule has 9 nitrogen and oxygen atoms in total. The van der Waals surface area contributed by atoms with E-state index in [-0.39, 0.29) is 22.6 Å². The first-order valence-corrected chi connectivity index (χ1v) is 13.0. The van der Waals surface area contributed by atoms with Crippen LogP contribution in [0.25, 0.3) is 11.4 Å². The Morgan fingerprint density at radius 1 is 1.23 bits per heavy atom. The van der Waals surface area contributed by atoms with E-state index in [4.69, 9.17) is 5.84 Å². The van der Waals surface area contributed by atoms with Crippen molar-refractivity contribution in [3.05, 3.63) is 24.3 Å². The first-order chi connectivity index (χ1) is 14.9. The van der Waals surface area contributed by atoms with E-state index in [0.29, 0.717) is 29.6 Å². The van der Waals surface area contributed by atoms with Crippen molar-refractivity contribution >= 4 is 27.7 Å².